The Labute approximate surface area is 200 Å². The molecule has 0 bridgehead atoms. The first kappa shape index (κ1) is 22.1. The summed E-state index contributed by atoms with van der Waals surface area (Å²) in [5.41, 5.74) is 5.30. The van der Waals surface area contributed by atoms with Gasteiger partial charge in [0.25, 0.3) is 5.91 Å². The fourth-order valence-corrected chi connectivity index (χ4v) is 4.28. The number of benzene rings is 2. The van der Waals surface area contributed by atoms with Crippen LogP contribution < -0.4 is 10.6 Å². The minimum atomic E-state index is -0.130. The van der Waals surface area contributed by atoms with E-state index >= 15 is 0 Å². The van der Waals surface area contributed by atoms with E-state index in [4.69, 9.17) is 0 Å². The summed E-state index contributed by atoms with van der Waals surface area (Å²) in [4.78, 5) is 19.5. The van der Waals surface area contributed by atoms with Crippen molar-refractivity contribution in [3.8, 4) is 16.9 Å². The van der Waals surface area contributed by atoms with Gasteiger partial charge < -0.3 is 15.2 Å². The third kappa shape index (κ3) is 5.42. The number of carbonyl (C=O) groups is 1. The summed E-state index contributed by atoms with van der Waals surface area (Å²) >= 11 is 0. The number of piperazine rings is 1. The van der Waals surface area contributed by atoms with Gasteiger partial charge in [-0.15, -0.1) is 0 Å². The van der Waals surface area contributed by atoms with Gasteiger partial charge >= 0.3 is 0 Å². The van der Waals surface area contributed by atoms with E-state index in [0.717, 1.165) is 49.7 Å². The van der Waals surface area contributed by atoms with E-state index in [0.29, 0.717) is 12.1 Å². The van der Waals surface area contributed by atoms with Crippen LogP contribution in [0.5, 0.6) is 0 Å². The maximum absolute atomic E-state index is 12.6. The Hall–Kier alpha value is -3.74. The molecule has 2 aromatic heterocycles. The molecule has 6 nitrogen and oxygen atoms in total. The zero-order valence-electron chi connectivity index (χ0n) is 19.2. The van der Waals surface area contributed by atoms with Crippen LogP contribution in [0, 0.1) is 0 Å². The SMILES string of the molecule is O=C(NCc1cccc(-c2cccc(CN3CCNCC3)c2)c1)c1ccc(-n2cccc2)nc1. The molecule has 4 aromatic rings. The highest BCUT2D eigenvalue weighted by atomic mass is 16.1. The lowest BCUT2D eigenvalue weighted by Crippen LogP contribution is -2.42. The number of nitrogens with zero attached hydrogens (tertiary/aromatic N) is 3. The Balaban J connectivity index is 1.22. The second kappa shape index (κ2) is 10.5. The van der Waals surface area contributed by atoms with E-state index in [1.165, 1.54) is 11.1 Å². The summed E-state index contributed by atoms with van der Waals surface area (Å²) in [5.74, 6) is 0.656. The van der Waals surface area contributed by atoms with Crippen molar-refractivity contribution >= 4 is 5.91 Å². The number of nitrogens with one attached hydrogen (secondary N) is 2. The second-order valence-electron chi connectivity index (χ2n) is 8.60. The summed E-state index contributed by atoms with van der Waals surface area (Å²) in [5, 5.41) is 6.42. The van der Waals surface area contributed by atoms with Crippen LogP contribution >= 0.6 is 0 Å². The van der Waals surface area contributed by atoms with E-state index < -0.39 is 0 Å². The van der Waals surface area contributed by atoms with Crippen molar-refractivity contribution in [1.82, 2.24) is 25.1 Å². The number of pyridine rings is 1. The van der Waals surface area contributed by atoms with Crippen LogP contribution in [0.15, 0.2) is 91.4 Å². The first-order chi connectivity index (χ1) is 16.7. The van der Waals surface area contributed by atoms with Gasteiger partial charge in [0.2, 0.25) is 0 Å². The Kier molecular flexibility index (Phi) is 6.79. The highest BCUT2D eigenvalue weighted by Gasteiger charge is 2.11. The smallest absolute Gasteiger partial charge is 0.253 e. The molecule has 1 saturated heterocycles. The van der Waals surface area contributed by atoms with Gasteiger partial charge in [-0.2, -0.15) is 0 Å². The Morgan fingerprint density at radius 1 is 0.882 bits per heavy atom. The molecule has 1 fully saturated rings. The lowest BCUT2D eigenvalue weighted by Gasteiger charge is -2.27. The van der Waals surface area contributed by atoms with Gasteiger partial charge in [-0.05, 0) is 58.7 Å². The molecule has 0 atom stereocenters. The molecule has 1 aliphatic heterocycles. The molecule has 0 unspecified atom stereocenters. The van der Waals surface area contributed by atoms with Gasteiger partial charge in [0.05, 0.1) is 5.56 Å². The molecule has 0 radical (unpaired) electrons. The average molecular weight is 452 g/mol. The molecule has 0 aliphatic carbocycles. The van der Waals surface area contributed by atoms with Gasteiger partial charge in [0.15, 0.2) is 0 Å². The van der Waals surface area contributed by atoms with E-state index in [9.17, 15) is 4.79 Å². The maximum Gasteiger partial charge on any atom is 0.253 e. The molecular weight excluding hydrogens is 422 g/mol. The van der Waals surface area contributed by atoms with E-state index in [1.807, 2.05) is 47.3 Å². The summed E-state index contributed by atoms with van der Waals surface area (Å²) in [6, 6.07) is 24.7. The van der Waals surface area contributed by atoms with Gasteiger partial charge in [-0.1, -0.05) is 36.4 Å². The van der Waals surface area contributed by atoms with Crippen LogP contribution in [0.25, 0.3) is 16.9 Å². The second-order valence-corrected chi connectivity index (χ2v) is 8.60. The first-order valence-corrected chi connectivity index (χ1v) is 11.7. The number of hydrogen-bond donors (Lipinski definition) is 2. The van der Waals surface area contributed by atoms with Crippen molar-refractivity contribution in [3.05, 3.63) is 108 Å². The molecule has 1 amide bonds. The summed E-state index contributed by atoms with van der Waals surface area (Å²) < 4.78 is 1.91. The quantitative estimate of drug-likeness (QED) is 0.448. The van der Waals surface area contributed by atoms with Crippen LogP contribution in [-0.2, 0) is 13.1 Å². The molecular formula is C28H29N5O. The minimum Gasteiger partial charge on any atom is -0.348 e. The predicted octanol–water partition coefficient (Wildman–Crippen LogP) is 3.87. The standard InChI is InChI=1S/C28H29N5O/c34-28(26-9-10-27(30-20-26)33-13-1-2-14-33)31-19-22-5-3-7-24(17-22)25-8-4-6-23(18-25)21-32-15-11-29-12-16-32/h1-10,13-14,17-18,20,29H,11-12,15-16,19,21H2,(H,31,34). The van der Waals surface area contributed by atoms with Gasteiger partial charge in [-0.3, -0.25) is 9.69 Å². The van der Waals surface area contributed by atoms with Crippen molar-refractivity contribution in [2.75, 3.05) is 26.2 Å². The van der Waals surface area contributed by atoms with E-state index in [-0.39, 0.29) is 5.91 Å². The molecule has 0 spiro atoms. The molecule has 5 rings (SSSR count). The van der Waals surface area contributed by atoms with Crippen molar-refractivity contribution in [1.29, 1.82) is 0 Å². The minimum absolute atomic E-state index is 0.130. The van der Waals surface area contributed by atoms with E-state index in [2.05, 4.69) is 56.9 Å². The van der Waals surface area contributed by atoms with Crippen molar-refractivity contribution < 1.29 is 4.79 Å². The Bertz CT molecular complexity index is 1230. The van der Waals surface area contributed by atoms with Crippen molar-refractivity contribution in [3.63, 3.8) is 0 Å². The third-order valence-corrected chi connectivity index (χ3v) is 6.14. The summed E-state index contributed by atoms with van der Waals surface area (Å²) in [6.07, 6.45) is 5.47. The third-order valence-electron chi connectivity index (χ3n) is 6.14. The predicted molar refractivity (Wildman–Crippen MR) is 135 cm³/mol. The highest BCUT2D eigenvalue weighted by Crippen LogP contribution is 2.22. The highest BCUT2D eigenvalue weighted by molar-refractivity contribution is 5.93. The van der Waals surface area contributed by atoms with Crippen molar-refractivity contribution in [2.24, 2.45) is 0 Å². The summed E-state index contributed by atoms with van der Waals surface area (Å²) in [7, 11) is 0. The maximum atomic E-state index is 12.6. The zero-order chi connectivity index (χ0) is 23.2. The molecule has 2 N–H and O–H groups in total. The summed E-state index contributed by atoms with van der Waals surface area (Å²) in [6.45, 7) is 5.73. The fraction of sp³-hybridized carbons (Fsp3) is 0.214. The molecule has 2 aromatic carbocycles. The molecule has 34 heavy (non-hydrogen) atoms. The molecule has 172 valence electrons. The fourth-order valence-electron chi connectivity index (χ4n) is 4.28. The Morgan fingerprint density at radius 2 is 1.59 bits per heavy atom. The first-order valence-electron chi connectivity index (χ1n) is 11.7. The number of aromatic nitrogens is 2. The van der Waals surface area contributed by atoms with Crippen LogP contribution in [0.1, 0.15) is 21.5 Å². The Morgan fingerprint density at radius 3 is 2.29 bits per heavy atom. The van der Waals surface area contributed by atoms with Gasteiger partial charge in [-0.25, -0.2) is 4.98 Å². The van der Waals surface area contributed by atoms with E-state index in [1.54, 1.807) is 12.3 Å². The lowest BCUT2D eigenvalue weighted by molar-refractivity contribution is 0.0950. The number of amides is 1. The van der Waals surface area contributed by atoms with Crippen LogP contribution in [0.3, 0.4) is 0 Å². The zero-order valence-corrected chi connectivity index (χ0v) is 19.2. The monoisotopic (exact) mass is 451 g/mol. The molecule has 3 heterocycles. The van der Waals surface area contributed by atoms with Crippen LogP contribution in [0.4, 0.5) is 0 Å². The van der Waals surface area contributed by atoms with Crippen molar-refractivity contribution in [2.45, 2.75) is 13.1 Å². The van der Waals surface area contributed by atoms with Crippen LogP contribution in [-0.4, -0.2) is 46.5 Å². The number of hydrogen-bond acceptors (Lipinski definition) is 4. The van der Waals surface area contributed by atoms with Crippen LogP contribution in [0.2, 0.25) is 0 Å². The van der Waals surface area contributed by atoms with Gasteiger partial charge in [0.1, 0.15) is 5.82 Å². The average Bonchev–Trinajstić information content (AvgIpc) is 3.44. The largest absolute Gasteiger partial charge is 0.348 e. The van der Waals surface area contributed by atoms with Gasteiger partial charge in [0, 0.05) is 57.9 Å². The topological polar surface area (TPSA) is 62.2 Å². The number of rotatable bonds is 7. The lowest BCUT2D eigenvalue weighted by atomic mass is 10.0. The molecule has 1 aliphatic rings. The molecule has 6 heteroatoms. The molecule has 0 saturated carbocycles. The normalized spacial score (nSPS) is 14.1. The number of carbonyl (C=O) groups excluding carboxylic acids is 1.